The van der Waals surface area contributed by atoms with Crippen molar-refractivity contribution in [2.75, 3.05) is 18.6 Å². The standard InChI is InChI=1S/C12H23N3O2S/c1-5-12(3,16-6-2)11-14-10(17-15-11)9(13)7-8-18-4/h9H,5-8,13H2,1-4H3/t9-,12?/m0/s1. The van der Waals surface area contributed by atoms with Gasteiger partial charge in [0.2, 0.25) is 11.7 Å². The zero-order chi connectivity index (χ0) is 13.6. The molecular weight excluding hydrogens is 250 g/mol. The van der Waals surface area contributed by atoms with Crippen LogP contribution in [0, 0.1) is 0 Å². The molecule has 0 aromatic carbocycles. The van der Waals surface area contributed by atoms with E-state index in [1.165, 1.54) is 0 Å². The van der Waals surface area contributed by atoms with Gasteiger partial charge < -0.3 is 15.0 Å². The van der Waals surface area contributed by atoms with Gasteiger partial charge in [-0.15, -0.1) is 0 Å². The van der Waals surface area contributed by atoms with Gasteiger partial charge in [0.1, 0.15) is 5.60 Å². The molecular formula is C12H23N3O2S. The fourth-order valence-electron chi connectivity index (χ4n) is 1.61. The molecule has 104 valence electrons. The number of ether oxygens (including phenoxy) is 1. The zero-order valence-electron chi connectivity index (χ0n) is 11.6. The lowest BCUT2D eigenvalue weighted by molar-refractivity contribution is -0.0403. The highest BCUT2D eigenvalue weighted by Gasteiger charge is 2.31. The second kappa shape index (κ2) is 7.11. The highest BCUT2D eigenvalue weighted by Crippen LogP contribution is 2.27. The van der Waals surface area contributed by atoms with Crippen LogP contribution in [0.25, 0.3) is 0 Å². The Bertz CT molecular complexity index is 359. The SMILES string of the molecule is CCOC(C)(CC)c1noc([C@@H](N)CCSC)n1. The molecule has 18 heavy (non-hydrogen) atoms. The summed E-state index contributed by atoms with van der Waals surface area (Å²) in [6, 6.07) is -0.193. The van der Waals surface area contributed by atoms with Crippen LogP contribution in [0.4, 0.5) is 0 Å². The van der Waals surface area contributed by atoms with Gasteiger partial charge in [0.15, 0.2) is 0 Å². The van der Waals surface area contributed by atoms with Crippen molar-refractivity contribution in [2.45, 2.75) is 45.3 Å². The third-order valence-electron chi connectivity index (χ3n) is 3.00. The molecule has 0 amide bonds. The largest absolute Gasteiger partial charge is 0.367 e. The Morgan fingerprint density at radius 3 is 2.78 bits per heavy atom. The first-order valence-electron chi connectivity index (χ1n) is 6.30. The monoisotopic (exact) mass is 273 g/mol. The first-order valence-corrected chi connectivity index (χ1v) is 7.69. The van der Waals surface area contributed by atoms with Crippen molar-refractivity contribution in [3.8, 4) is 0 Å². The number of nitrogens with two attached hydrogens (primary N) is 1. The summed E-state index contributed by atoms with van der Waals surface area (Å²) in [6.07, 6.45) is 3.68. The molecule has 1 aromatic rings. The fraction of sp³-hybridized carbons (Fsp3) is 0.833. The molecule has 5 nitrogen and oxygen atoms in total. The molecule has 2 N–H and O–H groups in total. The van der Waals surface area contributed by atoms with Crippen LogP contribution < -0.4 is 5.73 Å². The van der Waals surface area contributed by atoms with Crippen LogP contribution in [0.15, 0.2) is 4.52 Å². The minimum Gasteiger partial charge on any atom is -0.367 e. The van der Waals surface area contributed by atoms with Gasteiger partial charge in [-0.2, -0.15) is 16.7 Å². The number of thioether (sulfide) groups is 1. The van der Waals surface area contributed by atoms with Gasteiger partial charge >= 0.3 is 0 Å². The lowest BCUT2D eigenvalue weighted by Gasteiger charge is -2.23. The number of aromatic nitrogens is 2. The van der Waals surface area contributed by atoms with E-state index in [-0.39, 0.29) is 6.04 Å². The minimum atomic E-state index is -0.490. The van der Waals surface area contributed by atoms with Gasteiger partial charge in [0.25, 0.3) is 0 Å². The van der Waals surface area contributed by atoms with Crippen LogP contribution in [0.5, 0.6) is 0 Å². The Balaban J connectivity index is 2.78. The van der Waals surface area contributed by atoms with E-state index in [2.05, 4.69) is 16.4 Å². The van der Waals surface area contributed by atoms with E-state index in [1.807, 2.05) is 20.8 Å². The lowest BCUT2D eigenvalue weighted by Crippen LogP contribution is -2.26. The van der Waals surface area contributed by atoms with Crippen LogP contribution in [0.2, 0.25) is 0 Å². The Hall–Kier alpha value is -0.590. The highest BCUT2D eigenvalue weighted by atomic mass is 32.2. The van der Waals surface area contributed by atoms with Crippen molar-refractivity contribution in [1.82, 2.24) is 10.1 Å². The Kier molecular flexibility index (Phi) is 6.11. The molecule has 0 radical (unpaired) electrons. The van der Waals surface area contributed by atoms with E-state index in [9.17, 15) is 0 Å². The quantitative estimate of drug-likeness (QED) is 0.784. The van der Waals surface area contributed by atoms with E-state index >= 15 is 0 Å². The topological polar surface area (TPSA) is 74.2 Å². The van der Waals surface area contributed by atoms with Crippen molar-refractivity contribution in [1.29, 1.82) is 0 Å². The Morgan fingerprint density at radius 2 is 2.22 bits per heavy atom. The molecule has 6 heteroatoms. The molecule has 0 fully saturated rings. The zero-order valence-corrected chi connectivity index (χ0v) is 12.4. The van der Waals surface area contributed by atoms with E-state index in [0.29, 0.717) is 18.3 Å². The van der Waals surface area contributed by atoms with Crippen molar-refractivity contribution in [3.05, 3.63) is 11.7 Å². The maximum atomic E-state index is 6.00. The normalized spacial score (nSPS) is 16.5. The summed E-state index contributed by atoms with van der Waals surface area (Å²) >= 11 is 1.76. The van der Waals surface area contributed by atoms with Crippen molar-refractivity contribution in [2.24, 2.45) is 5.73 Å². The fourth-order valence-corrected chi connectivity index (χ4v) is 2.10. The van der Waals surface area contributed by atoms with Crippen LogP contribution >= 0.6 is 11.8 Å². The average molecular weight is 273 g/mol. The Morgan fingerprint density at radius 1 is 1.50 bits per heavy atom. The van der Waals surface area contributed by atoms with Crippen molar-refractivity contribution in [3.63, 3.8) is 0 Å². The van der Waals surface area contributed by atoms with Crippen molar-refractivity contribution < 1.29 is 9.26 Å². The maximum absolute atomic E-state index is 6.00. The molecule has 1 heterocycles. The third-order valence-corrected chi connectivity index (χ3v) is 3.65. The summed E-state index contributed by atoms with van der Waals surface area (Å²) < 4.78 is 11.0. The van der Waals surface area contributed by atoms with E-state index in [4.69, 9.17) is 15.0 Å². The second-order valence-corrected chi connectivity index (χ2v) is 5.35. The molecule has 1 rings (SSSR count). The molecule has 0 aliphatic rings. The number of nitrogens with zero attached hydrogens (tertiary/aromatic N) is 2. The molecule has 1 unspecified atom stereocenters. The minimum absolute atomic E-state index is 0.193. The van der Waals surface area contributed by atoms with Crippen LogP contribution in [-0.2, 0) is 10.3 Å². The van der Waals surface area contributed by atoms with Crippen LogP contribution in [-0.4, -0.2) is 28.8 Å². The van der Waals surface area contributed by atoms with Gasteiger partial charge in [-0.05, 0) is 38.7 Å². The molecule has 0 spiro atoms. The predicted molar refractivity (Wildman–Crippen MR) is 73.5 cm³/mol. The van der Waals surface area contributed by atoms with Gasteiger partial charge in [-0.25, -0.2) is 0 Å². The highest BCUT2D eigenvalue weighted by molar-refractivity contribution is 7.98. The number of rotatable bonds is 8. The molecule has 0 aliphatic heterocycles. The van der Waals surface area contributed by atoms with E-state index in [0.717, 1.165) is 18.6 Å². The first kappa shape index (κ1) is 15.5. The summed E-state index contributed by atoms with van der Waals surface area (Å²) in [5.41, 5.74) is 5.51. The summed E-state index contributed by atoms with van der Waals surface area (Å²) in [7, 11) is 0. The van der Waals surface area contributed by atoms with Gasteiger partial charge in [0.05, 0.1) is 6.04 Å². The smallest absolute Gasteiger partial charge is 0.243 e. The van der Waals surface area contributed by atoms with Crippen molar-refractivity contribution >= 4 is 11.8 Å². The van der Waals surface area contributed by atoms with Gasteiger partial charge in [-0.3, -0.25) is 0 Å². The molecule has 0 saturated carbocycles. The summed E-state index contributed by atoms with van der Waals surface area (Å²) in [4.78, 5) is 4.39. The first-order chi connectivity index (χ1) is 8.57. The lowest BCUT2D eigenvalue weighted by atomic mass is 10.0. The molecule has 0 saturated heterocycles. The average Bonchev–Trinajstić information content (AvgIpc) is 2.86. The third kappa shape index (κ3) is 3.70. The second-order valence-electron chi connectivity index (χ2n) is 4.36. The molecule has 0 bridgehead atoms. The van der Waals surface area contributed by atoms with Crippen LogP contribution in [0.3, 0.4) is 0 Å². The number of hydrogen-bond acceptors (Lipinski definition) is 6. The number of hydrogen-bond donors (Lipinski definition) is 1. The molecule has 0 aliphatic carbocycles. The van der Waals surface area contributed by atoms with E-state index in [1.54, 1.807) is 11.8 Å². The van der Waals surface area contributed by atoms with Crippen LogP contribution in [0.1, 0.15) is 51.4 Å². The Labute approximate surface area is 113 Å². The molecule has 1 aromatic heterocycles. The summed E-state index contributed by atoms with van der Waals surface area (Å²) in [6.45, 7) is 6.59. The molecule has 2 atom stereocenters. The predicted octanol–water partition coefficient (Wildman–Crippen LogP) is 2.48. The summed E-state index contributed by atoms with van der Waals surface area (Å²) in [5.74, 6) is 2.06. The van der Waals surface area contributed by atoms with Gasteiger partial charge in [-0.1, -0.05) is 12.1 Å². The summed E-state index contributed by atoms with van der Waals surface area (Å²) in [5, 5.41) is 4.01. The van der Waals surface area contributed by atoms with Gasteiger partial charge in [0, 0.05) is 6.61 Å². The van der Waals surface area contributed by atoms with E-state index < -0.39 is 5.60 Å². The maximum Gasteiger partial charge on any atom is 0.243 e.